The van der Waals surface area contributed by atoms with E-state index in [2.05, 4.69) is 15.1 Å². The number of thioether (sulfide) groups is 1. The van der Waals surface area contributed by atoms with Crippen LogP contribution < -0.4 is 15.1 Å². The van der Waals surface area contributed by atoms with Crippen molar-refractivity contribution in [1.29, 1.82) is 0 Å². The van der Waals surface area contributed by atoms with Gasteiger partial charge in [0.1, 0.15) is 5.00 Å². The first-order valence-corrected chi connectivity index (χ1v) is 10.6. The number of nitrogens with zero attached hydrogens (tertiary/aromatic N) is 2. The second kappa shape index (κ2) is 8.75. The fourth-order valence-corrected chi connectivity index (χ4v) is 5.01. The van der Waals surface area contributed by atoms with E-state index in [0.717, 1.165) is 54.3 Å². The lowest BCUT2D eigenvalue weighted by Crippen LogP contribution is -2.32. The predicted molar refractivity (Wildman–Crippen MR) is 98.0 cm³/mol. The van der Waals surface area contributed by atoms with Crippen LogP contribution in [0.15, 0.2) is 9.55 Å². The molecule has 3 rings (SSSR count). The van der Waals surface area contributed by atoms with Gasteiger partial charge in [-0.2, -0.15) is 0 Å². The van der Waals surface area contributed by atoms with Crippen LogP contribution >= 0.6 is 23.1 Å². The van der Waals surface area contributed by atoms with E-state index in [0.29, 0.717) is 10.6 Å². The molecule has 0 spiro atoms. The number of carbonyl (C=O) groups is 2. The van der Waals surface area contributed by atoms with E-state index in [1.54, 1.807) is 14.0 Å². The number of thiophene rings is 1. The molecule has 2 heterocycles. The van der Waals surface area contributed by atoms with E-state index in [1.165, 1.54) is 16.0 Å². The number of ether oxygens (including phenoxy) is 1. The van der Waals surface area contributed by atoms with Gasteiger partial charge in [-0.05, 0) is 49.9 Å². The maximum Gasteiger partial charge on any atom is 0.341 e. The summed E-state index contributed by atoms with van der Waals surface area (Å²) in [6, 6.07) is 0. The molecule has 0 atom stereocenters. The number of fused-ring (bicyclic) bond motifs is 1. The molecule has 0 aromatic carbocycles. The van der Waals surface area contributed by atoms with Crippen molar-refractivity contribution in [2.45, 2.75) is 44.1 Å². The monoisotopic (exact) mass is 411 g/mol. The van der Waals surface area contributed by atoms with Gasteiger partial charge < -0.3 is 19.7 Å². The van der Waals surface area contributed by atoms with Crippen LogP contribution in [0.1, 0.15) is 47.0 Å². The van der Waals surface area contributed by atoms with Crippen LogP contribution in [0, 0.1) is 0 Å². The number of esters is 1. The van der Waals surface area contributed by atoms with Crippen molar-refractivity contribution in [1.82, 2.24) is 5.27 Å². The highest BCUT2D eigenvalue weighted by molar-refractivity contribution is 7.99. The van der Waals surface area contributed by atoms with E-state index in [1.807, 2.05) is 0 Å². The molecule has 1 amide bonds. The third kappa shape index (κ3) is 4.44. The molecule has 1 aliphatic rings. The van der Waals surface area contributed by atoms with Crippen molar-refractivity contribution in [3.8, 4) is 5.95 Å². The molecule has 0 bridgehead atoms. The van der Waals surface area contributed by atoms with Crippen molar-refractivity contribution < 1.29 is 28.6 Å². The minimum Gasteiger partial charge on any atom is -0.538 e. The van der Waals surface area contributed by atoms with Gasteiger partial charge in [-0.1, -0.05) is 11.1 Å². The van der Waals surface area contributed by atoms with Crippen LogP contribution in [0.5, 0.6) is 5.95 Å². The molecule has 0 saturated heterocycles. The van der Waals surface area contributed by atoms with Gasteiger partial charge in [0.15, 0.2) is 13.0 Å². The lowest BCUT2D eigenvalue weighted by atomic mass is 10.1. The van der Waals surface area contributed by atoms with Crippen LogP contribution in [-0.4, -0.2) is 29.5 Å². The second-order valence-corrected chi connectivity index (χ2v) is 8.18. The van der Waals surface area contributed by atoms with Crippen LogP contribution in [0.2, 0.25) is 0 Å². The van der Waals surface area contributed by atoms with Gasteiger partial charge in [-0.25, -0.2) is 4.79 Å². The van der Waals surface area contributed by atoms with Crippen molar-refractivity contribution in [3.05, 3.63) is 16.0 Å². The number of amides is 1. The van der Waals surface area contributed by atoms with Gasteiger partial charge in [0, 0.05) is 4.88 Å². The van der Waals surface area contributed by atoms with Gasteiger partial charge in [-0.3, -0.25) is 4.79 Å². The molecule has 10 heteroatoms. The van der Waals surface area contributed by atoms with Crippen LogP contribution in [0.25, 0.3) is 0 Å². The Morgan fingerprint density at radius 2 is 2.15 bits per heavy atom. The normalized spacial score (nSPS) is 13.7. The van der Waals surface area contributed by atoms with Gasteiger partial charge in [0.05, 0.1) is 23.2 Å². The summed E-state index contributed by atoms with van der Waals surface area (Å²) in [4.78, 5) is 26.0. The van der Waals surface area contributed by atoms with Crippen molar-refractivity contribution >= 4 is 40.0 Å². The summed E-state index contributed by atoms with van der Waals surface area (Å²) >= 11 is 2.49. The van der Waals surface area contributed by atoms with Crippen LogP contribution in [-0.2, 0) is 29.4 Å². The Kier molecular flexibility index (Phi) is 6.38. The minimum atomic E-state index is -0.578. The van der Waals surface area contributed by atoms with Crippen molar-refractivity contribution in [2.75, 3.05) is 17.7 Å². The van der Waals surface area contributed by atoms with E-state index >= 15 is 0 Å². The Morgan fingerprint density at radius 3 is 2.85 bits per heavy atom. The maximum absolute atomic E-state index is 12.5. The SMILES string of the molecule is CCOC(=O)c1c(NC(=O)CSc2c([O-])on[n+]2C)sc2c1CCCCC2. The summed E-state index contributed by atoms with van der Waals surface area (Å²) in [5.41, 5.74) is 1.49. The summed E-state index contributed by atoms with van der Waals surface area (Å²) < 4.78 is 11.0. The zero-order valence-electron chi connectivity index (χ0n) is 15.2. The lowest BCUT2D eigenvalue weighted by Gasteiger charge is -2.08. The van der Waals surface area contributed by atoms with E-state index in [9.17, 15) is 14.7 Å². The summed E-state index contributed by atoms with van der Waals surface area (Å²) in [6.45, 7) is 2.04. The second-order valence-electron chi connectivity index (χ2n) is 6.12. The predicted octanol–water partition coefficient (Wildman–Crippen LogP) is 1.81. The summed E-state index contributed by atoms with van der Waals surface area (Å²) in [6.07, 6.45) is 4.97. The molecular weight excluding hydrogens is 390 g/mol. The highest BCUT2D eigenvalue weighted by Crippen LogP contribution is 2.38. The van der Waals surface area contributed by atoms with E-state index < -0.39 is 11.9 Å². The topological polar surface area (TPSA) is 108 Å². The molecule has 27 heavy (non-hydrogen) atoms. The summed E-state index contributed by atoms with van der Waals surface area (Å²) in [5, 5.41) is 18.6. The molecule has 1 N–H and O–H groups in total. The number of aromatic nitrogens is 2. The molecular formula is C17H21N3O5S2. The number of hydrogen-bond donors (Lipinski definition) is 1. The zero-order valence-corrected chi connectivity index (χ0v) is 16.8. The average molecular weight is 412 g/mol. The lowest BCUT2D eigenvalue weighted by molar-refractivity contribution is -0.772. The van der Waals surface area contributed by atoms with Gasteiger partial charge >= 0.3 is 5.97 Å². The summed E-state index contributed by atoms with van der Waals surface area (Å²) in [5.74, 6) is -1.27. The summed E-state index contributed by atoms with van der Waals surface area (Å²) in [7, 11) is 1.57. The maximum atomic E-state index is 12.5. The molecule has 0 unspecified atom stereocenters. The molecule has 2 aromatic heterocycles. The fraction of sp³-hybridized carbons (Fsp3) is 0.529. The Hall–Kier alpha value is -2.07. The van der Waals surface area contributed by atoms with E-state index in [-0.39, 0.29) is 23.3 Å². The van der Waals surface area contributed by atoms with E-state index in [4.69, 9.17) is 4.74 Å². The molecule has 146 valence electrons. The number of aryl methyl sites for hydroxylation is 2. The zero-order chi connectivity index (χ0) is 19.4. The van der Waals surface area contributed by atoms with Crippen molar-refractivity contribution in [3.63, 3.8) is 0 Å². The molecule has 0 saturated carbocycles. The smallest absolute Gasteiger partial charge is 0.341 e. The molecule has 2 aromatic rings. The van der Waals surface area contributed by atoms with Gasteiger partial charge in [-0.15, -0.1) is 11.3 Å². The number of anilines is 1. The third-order valence-electron chi connectivity index (χ3n) is 4.21. The Bertz CT molecular complexity index is 826. The van der Waals surface area contributed by atoms with Gasteiger partial charge in [0.2, 0.25) is 5.91 Å². The first kappa shape index (κ1) is 19.7. The minimum absolute atomic E-state index is 0.00905. The molecule has 0 radical (unpaired) electrons. The molecule has 8 nitrogen and oxygen atoms in total. The highest BCUT2D eigenvalue weighted by atomic mass is 32.2. The number of nitrogens with one attached hydrogen (secondary N) is 1. The van der Waals surface area contributed by atoms with Gasteiger partial charge in [0.25, 0.3) is 5.03 Å². The average Bonchev–Trinajstić information content (AvgIpc) is 3.03. The molecule has 0 fully saturated rings. The quantitative estimate of drug-likeness (QED) is 0.334. The number of carbonyl (C=O) groups excluding carboxylic acids is 2. The van der Waals surface area contributed by atoms with Crippen LogP contribution in [0.3, 0.4) is 0 Å². The fourth-order valence-electron chi connectivity index (χ4n) is 3.01. The first-order chi connectivity index (χ1) is 13.0. The number of rotatable bonds is 6. The van der Waals surface area contributed by atoms with Crippen LogP contribution in [0.4, 0.5) is 5.00 Å². The van der Waals surface area contributed by atoms with Crippen molar-refractivity contribution in [2.24, 2.45) is 7.05 Å². The first-order valence-electron chi connectivity index (χ1n) is 8.78. The molecule has 0 aliphatic heterocycles. The molecule has 1 aliphatic carbocycles. The Morgan fingerprint density at radius 1 is 1.37 bits per heavy atom. The Balaban J connectivity index is 1.77. The third-order valence-corrected chi connectivity index (χ3v) is 6.53. The highest BCUT2D eigenvalue weighted by Gasteiger charge is 2.27. The number of hydrogen-bond acceptors (Lipinski definition) is 8. The largest absolute Gasteiger partial charge is 0.538 e. The Labute approximate surface area is 164 Å². The standard InChI is InChI=1S/C17H21N3O5S2/c1-3-24-16(22)13-10-7-5-4-6-8-11(10)27-14(13)18-12(21)9-26-15-17(23)25-19-20(15)2/h3-9H2,1-2H3,(H-,18,19,21,22,23).